The van der Waals surface area contributed by atoms with Gasteiger partial charge in [0.05, 0.1) is 16.3 Å². The molecule has 4 aromatic heterocycles. The van der Waals surface area contributed by atoms with Gasteiger partial charge in [-0.25, -0.2) is 19.9 Å². The zero-order chi connectivity index (χ0) is 20.3. The van der Waals surface area contributed by atoms with Crippen molar-refractivity contribution in [2.45, 2.75) is 25.3 Å². The van der Waals surface area contributed by atoms with E-state index in [0.29, 0.717) is 5.95 Å². The molecule has 152 valence electrons. The predicted molar refractivity (Wildman–Crippen MR) is 115 cm³/mol. The van der Waals surface area contributed by atoms with Crippen molar-refractivity contribution >= 4 is 11.3 Å². The number of hydrogen-bond acceptors (Lipinski definition) is 7. The molecule has 1 saturated heterocycles. The van der Waals surface area contributed by atoms with Gasteiger partial charge in [-0.15, -0.1) is 11.3 Å². The smallest absolute Gasteiger partial charge is 0.251 e. The highest BCUT2D eigenvalue weighted by atomic mass is 32.1. The van der Waals surface area contributed by atoms with Gasteiger partial charge in [-0.2, -0.15) is 0 Å². The van der Waals surface area contributed by atoms with E-state index in [1.165, 1.54) is 0 Å². The Kier molecular flexibility index (Phi) is 5.20. The fourth-order valence-electron chi connectivity index (χ4n) is 3.85. The minimum atomic E-state index is -0.0953. The molecule has 8 nitrogen and oxygen atoms in total. The maximum atomic E-state index is 12.2. The van der Waals surface area contributed by atoms with Crippen LogP contribution < -0.4 is 5.56 Å². The van der Waals surface area contributed by atoms with Crippen LogP contribution in [0, 0.1) is 0 Å². The fraction of sp³-hybridized carbons (Fsp3) is 0.286. The van der Waals surface area contributed by atoms with Crippen LogP contribution in [0.2, 0.25) is 0 Å². The Labute approximate surface area is 177 Å². The number of aromatic nitrogens is 6. The lowest BCUT2D eigenvalue weighted by molar-refractivity contribution is 0.194. The first-order valence-corrected chi connectivity index (χ1v) is 10.8. The lowest BCUT2D eigenvalue weighted by Crippen LogP contribution is -2.35. The molecule has 1 aliphatic heterocycles. The Balaban J connectivity index is 1.31. The lowest BCUT2D eigenvalue weighted by Gasteiger charge is -2.31. The normalized spacial score (nSPS) is 17.3. The van der Waals surface area contributed by atoms with Crippen molar-refractivity contribution in [1.29, 1.82) is 0 Å². The van der Waals surface area contributed by atoms with Crippen molar-refractivity contribution < 1.29 is 0 Å². The van der Waals surface area contributed by atoms with E-state index in [0.717, 1.165) is 54.6 Å². The Morgan fingerprint density at radius 1 is 1.20 bits per heavy atom. The molecule has 4 aromatic rings. The molecule has 0 radical (unpaired) electrons. The minimum absolute atomic E-state index is 0.0953. The lowest BCUT2D eigenvalue weighted by atomic mass is 9.97. The molecular formula is C21H21N7OS. The summed E-state index contributed by atoms with van der Waals surface area (Å²) in [5.74, 6) is 1.59. The first-order chi connectivity index (χ1) is 14.7. The number of aromatic amines is 1. The van der Waals surface area contributed by atoms with Crippen molar-refractivity contribution in [3.63, 3.8) is 0 Å². The maximum Gasteiger partial charge on any atom is 0.251 e. The number of thiophene rings is 1. The molecule has 0 aromatic carbocycles. The van der Waals surface area contributed by atoms with Crippen LogP contribution in [0.15, 0.2) is 59.4 Å². The highest BCUT2D eigenvalue weighted by molar-refractivity contribution is 7.13. The molecule has 0 aliphatic carbocycles. The van der Waals surface area contributed by atoms with Crippen molar-refractivity contribution in [1.82, 2.24) is 34.4 Å². The van der Waals surface area contributed by atoms with Crippen LogP contribution >= 0.6 is 11.3 Å². The van der Waals surface area contributed by atoms with Crippen LogP contribution in [-0.4, -0.2) is 47.5 Å². The van der Waals surface area contributed by atoms with Crippen LogP contribution in [0.3, 0.4) is 0 Å². The summed E-state index contributed by atoms with van der Waals surface area (Å²) >= 11 is 1.60. The standard InChI is InChI=1S/C21H21N7OS/c29-19-10-17(18-5-2-9-30-18)25-20(26-19)15-4-1-8-27(11-15)12-16-13-28(14-24-16)21-22-6-3-7-23-21/h2-3,5-7,9-10,13-15H,1,4,8,11-12H2,(H,25,26,29)/t15-/m1/s1. The number of nitrogens with zero attached hydrogens (tertiary/aromatic N) is 6. The van der Waals surface area contributed by atoms with Crippen molar-refractivity contribution in [2.75, 3.05) is 13.1 Å². The maximum absolute atomic E-state index is 12.2. The summed E-state index contributed by atoms with van der Waals surface area (Å²) in [6, 6.07) is 7.34. The Morgan fingerprint density at radius 3 is 2.93 bits per heavy atom. The van der Waals surface area contributed by atoms with Crippen molar-refractivity contribution in [3.8, 4) is 16.5 Å². The van der Waals surface area contributed by atoms with Gasteiger partial charge in [0.1, 0.15) is 12.2 Å². The van der Waals surface area contributed by atoms with Crippen LogP contribution in [0.1, 0.15) is 30.3 Å². The van der Waals surface area contributed by atoms with Gasteiger partial charge in [-0.1, -0.05) is 6.07 Å². The van der Waals surface area contributed by atoms with E-state index in [2.05, 4.69) is 24.8 Å². The van der Waals surface area contributed by atoms with Gasteiger partial charge in [0, 0.05) is 43.7 Å². The SMILES string of the molecule is O=c1cc(-c2cccs2)nc([C@@H]2CCCN(Cc3cn(-c4ncccn4)cn3)C2)[nH]1. The van der Waals surface area contributed by atoms with E-state index in [1.807, 2.05) is 28.3 Å². The summed E-state index contributed by atoms with van der Waals surface area (Å²) in [4.78, 5) is 36.4. The molecule has 0 saturated carbocycles. The Hall–Kier alpha value is -3.17. The van der Waals surface area contributed by atoms with Crippen LogP contribution in [0.4, 0.5) is 0 Å². The van der Waals surface area contributed by atoms with Gasteiger partial charge in [0.15, 0.2) is 0 Å². The number of nitrogens with one attached hydrogen (secondary N) is 1. The Morgan fingerprint density at radius 2 is 2.10 bits per heavy atom. The third-order valence-electron chi connectivity index (χ3n) is 5.23. The molecule has 5 heterocycles. The first-order valence-electron chi connectivity index (χ1n) is 9.92. The molecule has 0 bridgehead atoms. The molecule has 0 spiro atoms. The molecule has 1 aliphatic rings. The number of piperidine rings is 1. The van der Waals surface area contributed by atoms with Gasteiger partial charge in [0.2, 0.25) is 5.95 Å². The van der Waals surface area contributed by atoms with Crippen molar-refractivity contribution in [2.24, 2.45) is 0 Å². The van der Waals surface area contributed by atoms with Crippen LogP contribution in [-0.2, 0) is 6.54 Å². The highest BCUT2D eigenvalue weighted by Crippen LogP contribution is 2.27. The topological polar surface area (TPSA) is 92.6 Å². The monoisotopic (exact) mass is 419 g/mol. The second-order valence-corrected chi connectivity index (χ2v) is 8.34. The molecule has 30 heavy (non-hydrogen) atoms. The van der Waals surface area contributed by atoms with E-state index in [1.54, 1.807) is 42.2 Å². The average molecular weight is 420 g/mol. The third-order valence-corrected chi connectivity index (χ3v) is 6.12. The third kappa shape index (κ3) is 4.07. The zero-order valence-corrected chi connectivity index (χ0v) is 17.1. The van der Waals surface area contributed by atoms with Gasteiger partial charge in [0.25, 0.3) is 5.56 Å². The molecule has 1 atom stereocenters. The van der Waals surface area contributed by atoms with E-state index in [-0.39, 0.29) is 11.5 Å². The Bertz CT molecular complexity index is 1170. The van der Waals surface area contributed by atoms with Crippen molar-refractivity contribution in [3.05, 3.63) is 76.4 Å². The minimum Gasteiger partial charge on any atom is -0.310 e. The van der Waals surface area contributed by atoms with Gasteiger partial charge in [-0.3, -0.25) is 14.3 Å². The summed E-state index contributed by atoms with van der Waals surface area (Å²) < 4.78 is 1.83. The molecule has 9 heteroatoms. The number of rotatable bonds is 5. The molecular weight excluding hydrogens is 398 g/mol. The summed E-state index contributed by atoms with van der Waals surface area (Å²) in [6.45, 7) is 2.58. The van der Waals surface area contributed by atoms with E-state index in [9.17, 15) is 4.79 Å². The summed E-state index contributed by atoms with van der Waals surface area (Å²) in [5, 5.41) is 2.00. The van der Waals surface area contributed by atoms with Gasteiger partial charge in [-0.05, 0) is 36.9 Å². The number of likely N-dealkylation sites (tertiary alicyclic amines) is 1. The van der Waals surface area contributed by atoms with E-state index in [4.69, 9.17) is 4.98 Å². The molecule has 1 fully saturated rings. The summed E-state index contributed by atoms with van der Waals surface area (Å²) in [7, 11) is 0. The second-order valence-electron chi connectivity index (χ2n) is 7.39. The second kappa shape index (κ2) is 8.29. The average Bonchev–Trinajstić information content (AvgIpc) is 3.47. The first kappa shape index (κ1) is 18.8. The number of H-pyrrole nitrogens is 1. The van der Waals surface area contributed by atoms with Crippen LogP contribution in [0.25, 0.3) is 16.5 Å². The molecule has 0 amide bonds. The summed E-state index contributed by atoms with van der Waals surface area (Å²) in [6.07, 6.45) is 9.22. The number of hydrogen-bond donors (Lipinski definition) is 1. The van der Waals surface area contributed by atoms with Gasteiger partial charge < -0.3 is 4.98 Å². The summed E-state index contributed by atoms with van der Waals surface area (Å²) in [5.41, 5.74) is 1.63. The zero-order valence-electron chi connectivity index (χ0n) is 16.3. The van der Waals surface area contributed by atoms with E-state index < -0.39 is 0 Å². The largest absolute Gasteiger partial charge is 0.310 e. The molecule has 5 rings (SSSR count). The van der Waals surface area contributed by atoms with E-state index >= 15 is 0 Å². The molecule has 0 unspecified atom stereocenters. The predicted octanol–water partition coefficient (Wildman–Crippen LogP) is 2.85. The quantitative estimate of drug-likeness (QED) is 0.535. The molecule has 1 N–H and O–H groups in total. The number of imidazole rings is 1. The highest BCUT2D eigenvalue weighted by Gasteiger charge is 2.24. The van der Waals surface area contributed by atoms with Gasteiger partial charge >= 0.3 is 0 Å². The van der Waals surface area contributed by atoms with Crippen LogP contribution in [0.5, 0.6) is 0 Å². The fourth-order valence-corrected chi connectivity index (χ4v) is 4.54.